The molecule has 53 heavy (non-hydrogen) atoms. The molecule has 10 aromatic rings. The second-order valence-electron chi connectivity index (χ2n) is 13.7. The molecule has 0 atom stereocenters. The molecule has 0 fully saturated rings. The van der Waals surface area contributed by atoms with E-state index in [1.54, 1.807) is 0 Å². The van der Waals surface area contributed by atoms with E-state index in [9.17, 15) is 0 Å². The lowest BCUT2D eigenvalue weighted by atomic mass is 9.93. The number of benzene rings is 10. The molecule has 0 heterocycles. The molecule has 0 N–H and O–H groups in total. The monoisotopic (exact) mass is 673 g/mol. The van der Waals surface area contributed by atoms with Crippen molar-refractivity contribution in [2.45, 2.75) is 0 Å². The van der Waals surface area contributed by atoms with Crippen LogP contribution < -0.4 is 4.90 Å². The molecule has 248 valence electrons. The Morgan fingerprint density at radius 2 is 0.774 bits per heavy atom. The van der Waals surface area contributed by atoms with E-state index in [1.807, 2.05) is 0 Å². The van der Waals surface area contributed by atoms with Gasteiger partial charge in [-0.3, -0.25) is 0 Å². The normalized spacial score (nSPS) is 11.4. The van der Waals surface area contributed by atoms with Gasteiger partial charge in [-0.25, -0.2) is 0 Å². The Morgan fingerprint density at radius 3 is 1.60 bits per heavy atom. The summed E-state index contributed by atoms with van der Waals surface area (Å²) < 4.78 is 0. The molecule has 0 radical (unpaired) electrons. The summed E-state index contributed by atoms with van der Waals surface area (Å²) >= 11 is 0. The maximum Gasteiger partial charge on any atom is 0.0540 e. The molecule has 0 unspecified atom stereocenters. The number of nitrogens with zero attached hydrogens (tertiary/aromatic N) is 1. The van der Waals surface area contributed by atoms with E-state index in [0.717, 1.165) is 17.1 Å². The van der Waals surface area contributed by atoms with E-state index in [0.29, 0.717) is 0 Å². The highest BCUT2D eigenvalue weighted by atomic mass is 15.1. The van der Waals surface area contributed by atoms with Crippen molar-refractivity contribution in [1.82, 2.24) is 0 Å². The molecule has 0 spiro atoms. The molecule has 1 heteroatoms. The van der Waals surface area contributed by atoms with Crippen LogP contribution in [0, 0.1) is 0 Å². The first-order valence-corrected chi connectivity index (χ1v) is 18.3. The van der Waals surface area contributed by atoms with E-state index in [4.69, 9.17) is 0 Å². The lowest BCUT2D eigenvalue weighted by Gasteiger charge is -2.28. The highest BCUT2D eigenvalue weighted by Gasteiger charge is 2.19. The smallest absolute Gasteiger partial charge is 0.0540 e. The predicted molar refractivity (Wildman–Crippen MR) is 227 cm³/mol. The quantitative estimate of drug-likeness (QED) is 0.159. The predicted octanol–water partition coefficient (Wildman–Crippen LogP) is 14.8. The summed E-state index contributed by atoms with van der Waals surface area (Å²) in [5.74, 6) is 0. The van der Waals surface area contributed by atoms with Crippen molar-refractivity contribution in [1.29, 1.82) is 0 Å². The fraction of sp³-hybridized carbons (Fsp3) is 0. The van der Waals surface area contributed by atoms with Gasteiger partial charge in [-0.2, -0.15) is 0 Å². The third-order valence-electron chi connectivity index (χ3n) is 10.6. The van der Waals surface area contributed by atoms with Gasteiger partial charge in [-0.05, 0) is 107 Å². The minimum absolute atomic E-state index is 1.10. The first-order valence-electron chi connectivity index (χ1n) is 18.3. The first-order chi connectivity index (χ1) is 26.3. The average Bonchev–Trinajstić information content (AvgIpc) is 3.24. The van der Waals surface area contributed by atoms with E-state index in [-0.39, 0.29) is 0 Å². The van der Waals surface area contributed by atoms with Crippen LogP contribution >= 0.6 is 0 Å². The third-order valence-corrected chi connectivity index (χ3v) is 10.6. The summed E-state index contributed by atoms with van der Waals surface area (Å²) in [5.41, 5.74) is 10.7. The molecule has 0 aliphatic carbocycles. The summed E-state index contributed by atoms with van der Waals surface area (Å²) in [6, 6.07) is 77.3. The average molecular weight is 674 g/mol. The molecular weight excluding hydrogens is 639 g/mol. The molecule has 0 aliphatic heterocycles. The number of hydrogen-bond donors (Lipinski definition) is 0. The zero-order valence-corrected chi connectivity index (χ0v) is 29.2. The minimum atomic E-state index is 1.10. The Hall–Kier alpha value is -6.96. The van der Waals surface area contributed by atoms with Crippen LogP contribution in [0.15, 0.2) is 212 Å². The van der Waals surface area contributed by atoms with Crippen LogP contribution in [-0.4, -0.2) is 0 Å². The van der Waals surface area contributed by atoms with Gasteiger partial charge in [0.2, 0.25) is 0 Å². The zero-order valence-electron chi connectivity index (χ0n) is 29.2. The number of anilines is 3. The van der Waals surface area contributed by atoms with E-state index >= 15 is 0 Å². The van der Waals surface area contributed by atoms with Gasteiger partial charge in [0, 0.05) is 16.8 Å². The van der Waals surface area contributed by atoms with Gasteiger partial charge >= 0.3 is 0 Å². The van der Waals surface area contributed by atoms with Crippen molar-refractivity contribution >= 4 is 60.2 Å². The summed E-state index contributed by atoms with van der Waals surface area (Å²) in [5, 5.41) is 9.99. The third kappa shape index (κ3) is 5.42. The van der Waals surface area contributed by atoms with Crippen LogP contribution in [0.3, 0.4) is 0 Å². The van der Waals surface area contributed by atoms with Gasteiger partial charge < -0.3 is 4.90 Å². The molecule has 10 rings (SSSR count). The summed E-state index contributed by atoms with van der Waals surface area (Å²) in [7, 11) is 0. The molecule has 0 saturated carbocycles. The molecular formula is C52H35N. The standard InChI is InChI=1S/C52H35N/c1-2-14-36(15-3-1)45-26-12-28-50-48(45)27-13-29-52(50)53(41-32-30-38(31-33-41)44-25-11-18-37-16-4-6-21-43(37)44)42-20-10-19-39(34-42)51-35-40-17-5-7-22-46(40)47-23-8-9-24-49(47)51/h1-35H. The van der Waals surface area contributed by atoms with Crippen LogP contribution in [0.25, 0.3) is 76.5 Å². The van der Waals surface area contributed by atoms with Crippen molar-refractivity contribution in [2.75, 3.05) is 4.90 Å². The van der Waals surface area contributed by atoms with E-state index in [2.05, 4.69) is 217 Å². The molecule has 0 amide bonds. The van der Waals surface area contributed by atoms with Gasteiger partial charge in [0.15, 0.2) is 0 Å². The van der Waals surface area contributed by atoms with Gasteiger partial charge in [0.25, 0.3) is 0 Å². The van der Waals surface area contributed by atoms with Crippen molar-refractivity contribution in [3.8, 4) is 33.4 Å². The Bertz CT molecular complexity index is 2940. The highest BCUT2D eigenvalue weighted by Crippen LogP contribution is 2.44. The van der Waals surface area contributed by atoms with Crippen molar-refractivity contribution in [2.24, 2.45) is 0 Å². The van der Waals surface area contributed by atoms with Gasteiger partial charge in [-0.15, -0.1) is 0 Å². The lowest BCUT2D eigenvalue weighted by molar-refractivity contribution is 1.30. The number of hydrogen-bond acceptors (Lipinski definition) is 1. The molecule has 0 aromatic heterocycles. The molecule has 0 bridgehead atoms. The lowest BCUT2D eigenvalue weighted by Crippen LogP contribution is -2.10. The second-order valence-corrected chi connectivity index (χ2v) is 13.7. The summed E-state index contributed by atoms with van der Waals surface area (Å²) in [4.78, 5) is 2.43. The topological polar surface area (TPSA) is 3.24 Å². The van der Waals surface area contributed by atoms with Gasteiger partial charge in [0.1, 0.15) is 0 Å². The Morgan fingerprint density at radius 1 is 0.245 bits per heavy atom. The summed E-state index contributed by atoms with van der Waals surface area (Å²) in [6.45, 7) is 0. The Labute approximate surface area is 309 Å². The molecule has 0 aliphatic rings. The summed E-state index contributed by atoms with van der Waals surface area (Å²) in [6.07, 6.45) is 0. The SMILES string of the molecule is c1ccc(-c2cccc3c(N(c4ccc(-c5cccc6ccccc56)cc4)c4cccc(-c5cc6ccccc6c6ccccc56)c4)cccc23)cc1. The van der Waals surface area contributed by atoms with E-state index in [1.165, 1.54) is 76.5 Å². The van der Waals surface area contributed by atoms with Crippen LogP contribution in [-0.2, 0) is 0 Å². The highest BCUT2D eigenvalue weighted by molar-refractivity contribution is 6.14. The Balaban J connectivity index is 1.18. The maximum atomic E-state index is 2.43. The first kappa shape index (κ1) is 30.8. The van der Waals surface area contributed by atoms with Gasteiger partial charge in [-0.1, -0.05) is 176 Å². The van der Waals surface area contributed by atoms with Crippen LogP contribution in [0.4, 0.5) is 17.1 Å². The maximum absolute atomic E-state index is 2.43. The second kappa shape index (κ2) is 13.0. The molecule has 10 aromatic carbocycles. The van der Waals surface area contributed by atoms with Crippen LogP contribution in [0.2, 0.25) is 0 Å². The van der Waals surface area contributed by atoms with Crippen LogP contribution in [0.5, 0.6) is 0 Å². The van der Waals surface area contributed by atoms with Crippen LogP contribution in [0.1, 0.15) is 0 Å². The fourth-order valence-corrected chi connectivity index (χ4v) is 8.16. The Kier molecular flexibility index (Phi) is 7.55. The number of fused-ring (bicyclic) bond motifs is 5. The molecule has 0 saturated heterocycles. The fourth-order valence-electron chi connectivity index (χ4n) is 8.16. The minimum Gasteiger partial charge on any atom is -0.310 e. The van der Waals surface area contributed by atoms with Crippen molar-refractivity contribution in [3.63, 3.8) is 0 Å². The van der Waals surface area contributed by atoms with E-state index < -0.39 is 0 Å². The largest absolute Gasteiger partial charge is 0.310 e. The van der Waals surface area contributed by atoms with Crippen molar-refractivity contribution in [3.05, 3.63) is 212 Å². The zero-order chi connectivity index (χ0) is 35.1. The molecule has 1 nitrogen and oxygen atoms in total. The van der Waals surface area contributed by atoms with Crippen molar-refractivity contribution < 1.29 is 0 Å². The number of rotatable bonds is 6. The van der Waals surface area contributed by atoms with Gasteiger partial charge in [0.05, 0.1) is 5.69 Å².